The van der Waals surface area contributed by atoms with Gasteiger partial charge in [-0.25, -0.2) is 9.59 Å². The quantitative estimate of drug-likeness (QED) is 0.160. The van der Waals surface area contributed by atoms with Crippen molar-refractivity contribution in [1.29, 1.82) is 0 Å². The Morgan fingerprint density at radius 2 is 0.605 bits per heavy atom. The maximum Gasteiger partial charge on any atom is 0.343 e. The van der Waals surface area contributed by atoms with Gasteiger partial charge < -0.3 is 18.9 Å². The molecular formula is C32H22O6. The third-order valence-corrected chi connectivity index (χ3v) is 5.38. The number of esters is 2. The summed E-state index contributed by atoms with van der Waals surface area (Å²) < 4.78 is 22.5. The highest BCUT2D eigenvalue weighted by atomic mass is 16.5. The first-order valence-corrected chi connectivity index (χ1v) is 11.8. The fraction of sp³-hybridized carbons (Fsp3) is 0. The first kappa shape index (κ1) is 24.3. The van der Waals surface area contributed by atoms with Gasteiger partial charge in [0.1, 0.15) is 34.5 Å². The summed E-state index contributed by atoms with van der Waals surface area (Å²) in [5, 5.41) is 0. The van der Waals surface area contributed by atoms with E-state index in [0.29, 0.717) is 45.6 Å². The Morgan fingerprint density at radius 1 is 0.342 bits per heavy atom. The number of benzene rings is 5. The smallest absolute Gasteiger partial charge is 0.343 e. The molecule has 0 aliphatic heterocycles. The van der Waals surface area contributed by atoms with Crippen LogP contribution in [0.25, 0.3) is 0 Å². The molecule has 0 aromatic heterocycles. The molecule has 0 amide bonds. The van der Waals surface area contributed by atoms with E-state index in [1.165, 1.54) is 0 Å². The molecule has 0 aliphatic rings. The molecule has 5 rings (SSSR count). The lowest BCUT2D eigenvalue weighted by Gasteiger charge is -2.10. The minimum atomic E-state index is -0.419. The topological polar surface area (TPSA) is 71.1 Å². The molecule has 0 aliphatic carbocycles. The Hall–Kier alpha value is -5.36. The van der Waals surface area contributed by atoms with E-state index in [1.807, 2.05) is 12.1 Å². The van der Waals surface area contributed by atoms with Crippen LogP contribution in [0.3, 0.4) is 0 Å². The second kappa shape index (κ2) is 11.6. The van der Waals surface area contributed by atoms with E-state index in [0.717, 1.165) is 0 Å². The molecule has 0 bridgehead atoms. The Bertz CT molecular complexity index is 1380. The Kier molecular flexibility index (Phi) is 7.42. The van der Waals surface area contributed by atoms with Crippen LogP contribution < -0.4 is 18.9 Å². The van der Waals surface area contributed by atoms with Gasteiger partial charge in [0.25, 0.3) is 0 Å². The summed E-state index contributed by atoms with van der Waals surface area (Å²) >= 11 is 0. The highest BCUT2D eigenvalue weighted by molar-refractivity contribution is 5.91. The fourth-order valence-electron chi connectivity index (χ4n) is 3.48. The number of hydrogen-bond donors (Lipinski definition) is 0. The van der Waals surface area contributed by atoms with Gasteiger partial charge in [0.05, 0.1) is 11.1 Å². The van der Waals surface area contributed by atoms with Gasteiger partial charge in [0, 0.05) is 0 Å². The normalized spacial score (nSPS) is 10.3. The minimum Gasteiger partial charge on any atom is -0.457 e. The molecule has 6 nitrogen and oxygen atoms in total. The maximum absolute atomic E-state index is 12.2. The number of ether oxygens (including phenoxy) is 4. The van der Waals surface area contributed by atoms with Crippen molar-refractivity contribution < 1.29 is 28.5 Å². The maximum atomic E-state index is 12.2. The first-order chi connectivity index (χ1) is 18.6. The van der Waals surface area contributed by atoms with E-state index in [4.69, 9.17) is 18.9 Å². The molecule has 0 N–H and O–H groups in total. The molecule has 0 spiro atoms. The minimum absolute atomic E-state index is 0.419. The number of carbonyl (C=O) groups excluding carboxylic acids is 2. The molecule has 5 aromatic rings. The van der Waals surface area contributed by atoms with Crippen molar-refractivity contribution in [3.8, 4) is 34.5 Å². The van der Waals surface area contributed by atoms with Crippen molar-refractivity contribution in [1.82, 2.24) is 0 Å². The summed E-state index contributed by atoms with van der Waals surface area (Å²) in [5.74, 6) is 2.45. The SMILES string of the molecule is O=C(Oc1ccc(Oc2ccc(Oc3ccc(OC(=O)c4ccccc4)cc3)cc2)cc1)c1ccccc1. The predicted octanol–water partition coefficient (Wildman–Crippen LogP) is 7.71. The summed E-state index contributed by atoms with van der Waals surface area (Å²) in [6.45, 7) is 0. The summed E-state index contributed by atoms with van der Waals surface area (Å²) in [7, 11) is 0. The molecule has 0 heterocycles. The zero-order chi connectivity index (χ0) is 26.2. The Labute approximate surface area is 219 Å². The van der Waals surface area contributed by atoms with Crippen LogP contribution in [-0.4, -0.2) is 11.9 Å². The average molecular weight is 503 g/mol. The van der Waals surface area contributed by atoms with Crippen LogP contribution in [0.4, 0.5) is 0 Å². The molecule has 5 aromatic carbocycles. The van der Waals surface area contributed by atoms with E-state index >= 15 is 0 Å². The summed E-state index contributed by atoms with van der Waals surface area (Å²) in [4.78, 5) is 24.4. The molecule has 6 heteroatoms. The van der Waals surface area contributed by atoms with E-state index < -0.39 is 11.9 Å². The number of carbonyl (C=O) groups is 2. The molecule has 0 unspecified atom stereocenters. The van der Waals surface area contributed by atoms with Crippen LogP contribution in [0, 0.1) is 0 Å². The number of hydrogen-bond acceptors (Lipinski definition) is 6. The van der Waals surface area contributed by atoms with Gasteiger partial charge in [-0.3, -0.25) is 0 Å². The molecular weight excluding hydrogens is 480 g/mol. The molecule has 186 valence electrons. The van der Waals surface area contributed by atoms with Crippen LogP contribution in [0.15, 0.2) is 133 Å². The third kappa shape index (κ3) is 6.44. The zero-order valence-corrected chi connectivity index (χ0v) is 20.2. The van der Waals surface area contributed by atoms with Gasteiger partial charge in [-0.1, -0.05) is 36.4 Å². The van der Waals surface area contributed by atoms with Crippen molar-refractivity contribution in [3.63, 3.8) is 0 Å². The standard InChI is InChI=1S/C32H22O6/c33-31(23-7-3-1-4-8-23)37-29-19-15-27(16-20-29)35-25-11-13-26(14-12-25)36-28-17-21-30(22-18-28)38-32(34)24-9-5-2-6-10-24/h1-22H. The highest BCUT2D eigenvalue weighted by Gasteiger charge is 2.09. The van der Waals surface area contributed by atoms with Crippen LogP contribution in [0.5, 0.6) is 34.5 Å². The number of rotatable bonds is 8. The largest absolute Gasteiger partial charge is 0.457 e. The van der Waals surface area contributed by atoms with Gasteiger partial charge in [-0.2, -0.15) is 0 Å². The highest BCUT2D eigenvalue weighted by Crippen LogP contribution is 2.29. The van der Waals surface area contributed by atoms with E-state index in [-0.39, 0.29) is 0 Å². The molecule has 0 fully saturated rings. The molecule has 0 saturated heterocycles. The second-order valence-electron chi connectivity index (χ2n) is 8.13. The van der Waals surface area contributed by atoms with Crippen LogP contribution in [0.2, 0.25) is 0 Å². The van der Waals surface area contributed by atoms with Gasteiger partial charge in [0.2, 0.25) is 0 Å². The van der Waals surface area contributed by atoms with Crippen molar-refractivity contribution in [2.24, 2.45) is 0 Å². The lowest BCUT2D eigenvalue weighted by molar-refractivity contribution is 0.0725. The van der Waals surface area contributed by atoms with E-state index in [9.17, 15) is 9.59 Å². The lowest BCUT2D eigenvalue weighted by Crippen LogP contribution is -2.07. The van der Waals surface area contributed by atoms with Crippen molar-refractivity contribution in [3.05, 3.63) is 145 Å². The molecule has 38 heavy (non-hydrogen) atoms. The zero-order valence-electron chi connectivity index (χ0n) is 20.2. The van der Waals surface area contributed by atoms with E-state index in [2.05, 4.69) is 0 Å². The monoisotopic (exact) mass is 502 g/mol. The molecule has 0 atom stereocenters. The van der Waals surface area contributed by atoms with Crippen molar-refractivity contribution in [2.45, 2.75) is 0 Å². The molecule has 0 radical (unpaired) electrons. The van der Waals surface area contributed by atoms with Gasteiger partial charge in [-0.05, 0) is 97.1 Å². The van der Waals surface area contributed by atoms with Crippen molar-refractivity contribution >= 4 is 11.9 Å². The van der Waals surface area contributed by atoms with Gasteiger partial charge >= 0.3 is 11.9 Å². The van der Waals surface area contributed by atoms with Gasteiger partial charge in [-0.15, -0.1) is 0 Å². The van der Waals surface area contributed by atoms with Gasteiger partial charge in [0.15, 0.2) is 0 Å². The fourth-order valence-corrected chi connectivity index (χ4v) is 3.48. The van der Waals surface area contributed by atoms with Crippen LogP contribution in [0.1, 0.15) is 20.7 Å². The predicted molar refractivity (Wildman–Crippen MR) is 142 cm³/mol. The molecule has 0 saturated carbocycles. The third-order valence-electron chi connectivity index (χ3n) is 5.38. The average Bonchev–Trinajstić information content (AvgIpc) is 2.97. The summed E-state index contributed by atoms with van der Waals surface area (Å²) in [6, 6.07) is 38.4. The summed E-state index contributed by atoms with van der Waals surface area (Å²) in [6.07, 6.45) is 0. The lowest BCUT2D eigenvalue weighted by atomic mass is 10.2. The van der Waals surface area contributed by atoms with Crippen molar-refractivity contribution in [2.75, 3.05) is 0 Å². The Morgan fingerprint density at radius 3 is 0.895 bits per heavy atom. The van der Waals surface area contributed by atoms with Crippen LogP contribution >= 0.6 is 0 Å². The summed E-state index contributed by atoms with van der Waals surface area (Å²) in [5.41, 5.74) is 0.968. The Balaban J connectivity index is 1.13. The van der Waals surface area contributed by atoms with E-state index in [1.54, 1.807) is 121 Å². The first-order valence-electron chi connectivity index (χ1n) is 11.8. The van der Waals surface area contributed by atoms with Crippen LogP contribution in [-0.2, 0) is 0 Å². The second-order valence-corrected chi connectivity index (χ2v) is 8.13.